The zero-order valence-electron chi connectivity index (χ0n) is 11.8. The van der Waals surface area contributed by atoms with Gasteiger partial charge in [-0.3, -0.25) is 9.59 Å². The lowest BCUT2D eigenvalue weighted by Crippen LogP contribution is -2.53. The molecular formula is C16H19N3O2. The highest BCUT2D eigenvalue weighted by Gasteiger charge is 2.44. The second-order valence-electron chi connectivity index (χ2n) is 6.15. The lowest BCUT2D eigenvalue weighted by Gasteiger charge is -2.37. The lowest BCUT2D eigenvalue weighted by atomic mass is 9.91. The van der Waals surface area contributed by atoms with Gasteiger partial charge in [0.25, 0.3) is 0 Å². The Kier molecular flexibility index (Phi) is 2.87. The minimum atomic E-state index is -0.183. The summed E-state index contributed by atoms with van der Waals surface area (Å²) in [7, 11) is 0. The Hall–Kier alpha value is -2.04. The zero-order chi connectivity index (χ0) is 14.4. The molecule has 2 fully saturated rings. The van der Waals surface area contributed by atoms with Gasteiger partial charge in [0.2, 0.25) is 11.8 Å². The zero-order valence-corrected chi connectivity index (χ0v) is 11.8. The Morgan fingerprint density at radius 3 is 3.00 bits per heavy atom. The number of piperidine rings is 1. The summed E-state index contributed by atoms with van der Waals surface area (Å²) in [6, 6.07) is 7.93. The Labute approximate surface area is 123 Å². The fourth-order valence-electron chi connectivity index (χ4n) is 3.87. The number of carbonyl (C=O) groups is 2. The van der Waals surface area contributed by atoms with Gasteiger partial charge in [0.05, 0.1) is 12.0 Å². The van der Waals surface area contributed by atoms with Crippen LogP contribution in [-0.4, -0.2) is 41.9 Å². The maximum Gasteiger partial charge on any atom is 0.245 e. The molecule has 21 heavy (non-hydrogen) atoms. The molecule has 3 atom stereocenters. The van der Waals surface area contributed by atoms with E-state index in [1.807, 2.05) is 23.1 Å². The molecule has 2 unspecified atom stereocenters. The smallest absolute Gasteiger partial charge is 0.245 e. The molecule has 1 aromatic rings. The first kappa shape index (κ1) is 12.7. The Balaban J connectivity index is 1.52. The van der Waals surface area contributed by atoms with E-state index in [4.69, 9.17) is 0 Å². The van der Waals surface area contributed by atoms with Crippen molar-refractivity contribution in [2.75, 3.05) is 18.4 Å². The van der Waals surface area contributed by atoms with E-state index in [1.165, 1.54) is 5.56 Å². The number of rotatable bonds is 1. The first-order valence-electron chi connectivity index (χ1n) is 7.66. The van der Waals surface area contributed by atoms with E-state index >= 15 is 0 Å². The van der Waals surface area contributed by atoms with E-state index in [1.54, 1.807) is 0 Å². The molecule has 3 aliphatic rings. The van der Waals surface area contributed by atoms with Crippen LogP contribution in [-0.2, 0) is 16.0 Å². The second kappa shape index (κ2) is 4.76. The number of benzene rings is 1. The lowest BCUT2D eigenvalue weighted by molar-refractivity contribution is -0.137. The van der Waals surface area contributed by atoms with Crippen LogP contribution in [0.5, 0.6) is 0 Å². The summed E-state index contributed by atoms with van der Waals surface area (Å²) < 4.78 is 0. The van der Waals surface area contributed by atoms with Crippen molar-refractivity contribution in [1.82, 2.24) is 10.2 Å². The minimum absolute atomic E-state index is 0.00789. The summed E-state index contributed by atoms with van der Waals surface area (Å²) in [5.41, 5.74) is 2.26. The van der Waals surface area contributed by atoms with Gasteiger partial charge in [-0.25, -0.2) is 0 Å². The molecule has 5 nitrogen and oxygen atoms in total. The third-order valence-corrected chi connectivity index (χ3v) is 4.95. The van der Waals surface area contributed by atoms with Crippen molar-refractivity contribution < 1.29 is 9.59 Å². The SMILES string of the molecule is O=C1NCC2C1CCCN2C(=O)[C@@H]1Cc2ccccc2N1. The van der Waals surface area contributed by atoms with Gasteiger partial charge in [-0.2, -0.15) is 0 Å². The van der Waals surface area contributed by atoms with Crippen molar-refractivity contribution in [1.29, 1.82) is 0 Å². The van der Waals surface area contributed by atoms with Crippen LogP contribution < -0.4 is 10.6 Å². The van der Waals surface area contributed by atoms with Crippen LogP contribution in [0.1, 0.15) is 18.4 Å². The fourth-order valence-corrected chi connectivity index (χ4v) is 3.87. The third-order valence-electron chi connectivity index (χ3n) is 4.95. The molecule has 0 aliphatic carbocycles. The van der Waals surface area contributed by atoms with Crippen molar-refractivity contribution in [3.63, 3.8) is 0 Å². The van der Waals surface area contributed by atoms with E-state index in [2.05, 4.69) is 16.7 Å². The molecule has 0 radical (unpaired) electrons. The highest BCUT2D eigenvalue weighted by Crippen LogP contribution is 2.31. The summed E-state index contributed by atoms with van der Waals surface area (Å²) in [5.74, 6) is 0.240. The van der Waals surface area contributed by atoms with Crippen molar-refractivity contribution >= 4 is 17.5 Å². The van der Waals surface area contributed by atoms with Crippen molar-refractivity contribution in [2.24, 2.45) is 5.92 Å². The third kappa shape index (κ3) is 1.99. The summed E-state index contributed by atoms with van der Waals surface area (Å²) in [5, 5.41) is 6.23. The maximum atomic E-state index is 12.8. The standard InChI is InChI=1S/C16H19N3O2/c20-15-11-5-3-7-19(14(11)9-17-15)16(21)13-8-10-4-1-2-6-12(10)18-13/h1-2,4,6,11,13-14,18H,3,5,7-9H2,(H,17,20)/t11?,13-,14?/m0/s1. The molecule has 110 valence electrons. The van der Waals surface area contributed by atoms with E-state index in [9.17, 15) is 9.59 Å². The number of amides is 2. The van der Waals surface area contributed by atoms with Crippen LogP contribution in [0.25, 0.3) is 0 Å². The molecule has 3 aliphatic heterocycles. The molecule has 4 rings (SSSR count). The van der Waals surface area contributed by atoms with Crippen LogP contribution in [0, 0.1) is 5.92 Å². The number of anilines is 1. The molecule has 5 heteroatoms. The van der Waals surface area contributed by atoms with Crippen molar-refractivity contribution in [2.45, 2.75) is 31.3 Å². The molecule has 2 amide bonds. The molecule has 1 aromatic carbocycles. The number of nitrogens with one attached hydrogen (secondary N) is 2. The predicted octanol–water partition coefficient (Wildman–Crippen LogP) is 0.760. The predicted molar refractivity (Wildman–Crippen MR) is 78.8 cm³/mol. The van der Waals surface area contributed by atoms with E-state index in [0.717, 1.165) is 31.5 Å². The van der Waals surface area contributed by atoms with Crippen LogP contribution in [0.15, 0.2) is 24.3 Å². The topological polar surface area (TPSA) is 61.4 Å². The Morgan fingerprint density at radius 2 is 2.14 bits per heavy atom. The normalized spacial score (nSPS) is 30.4. The molecule has 2 saturated heterocycles. The number of carbonyl (C=O) groups excluding carboxylic acids is 2. The highest BCUT2D eigenvalue weighted by atomic mass is 16.2. The fraction of sp³-hybridized carbons (Fsp3) is 0.500. The number of hydrogen-bond donors (Lipinski definition) is 2. The van der Waals surface area contributed by atoms with Crippen LogP contribution in [0.4, 0.5) is 5.69 Å². The maximum absolute atomic E-state index is 12.8. The van der Waals surface area contributed by atoms with Gasteiger partial charge in [-0.15, -0.1) is 0 Å². The molecule has 0 saturated carbocycles. The van der Waals surface area contributed by atoms with Gasteiger partial charge in [-0.05, 0) is 24.5 Å². The Morgan fingerprint density at radius 1 is 1.29 bits per heavy atom. The molecule has 3 heterocycles. The average molecular weight is 285 g/mol. The number of hydrogen-bond acceptors (Lipinski definition) is 3. The van der Waals surface area contributed by atoms with Gasteiger partial charge < -0.3 is 15.5 Å². The first-order valence-corrected chi connectivity index (χ1v) is 7.66. The molecular weight excluding hydrogens is 266 g/mol. The van der Waals surface area contributed by atoms with Crippen LogP contribution in [0.2, 0.25) is 0 Å². The van der Waals surface area contributed by atoms with E-state index < -0.39 is 0 Å². The van der Waals surface area contributed by atoms with Gasteiger partial charge in [0.1, 0.15) is 6.04 Å². The van der Waals surface area contributed by atoms with Gasteiger partial charge >= 0.3 is 0 Å². The molecule has 0 spiro atoms. The van der Waals surface area contributed by atoms with Crippen molar-refractivity contribution in [3.05, 3.63) is 29.8 Å². The summed E-state index contributed by atoms with van der Waals surface area (Å²) >= 11 is 0. The summed E-state index contributed by atoms with van der Waals surface area (Å²) in [6.07, 6.45) is 2.56. The molecule has 2 N–H and O–H groups in total. The molecule has 0 aromatic heterocycles. The van der Waals surface area contributed by atoms with E-state index in [-0.39, 0.29) is 29.8 Å². The van der Waals surface area contributed by atoms with Gasteiger partial charge in [0, 0.05) is 25.2 Å². The summed E-state index contributed by atoms with van der Waals surface area (Å²) in [4.78, 5) is 26.6. The van der Waals surface area contributed by atoms with Crippen LogP contribution in [0.3, 0.4) is 0 Å². The van der Waals surface area contributed by atoms with Crippen LogP contribution >= 0.6 is 0 Å². The minimum Gasteiger partial charge on any atom is -0.373 e. The second-order valence-corrected chi connectivity index (χ2v) is 6.15. The monoisotopic (exact) mass is 285 g/mol. The number of para-hydroxylation sites is 1. The largest absolute Gasteiger partial charge is 0.373 e. The Bertz CT molecular complexity index is 576. The number of likely N-dealkylation sites (tertiary alicyclic amines) is 1. The van der Waals surface area contributed by atoms with Gasteiger partial charge in [-0.1, -0.05) is 18.2 Å². The number of nitrogens with zero attached hydrogens (tertiary/aromatic N) is 1. The quantitative estimate of drug-likeness (QED) is 0.801. The first-order chi connectivity index (χ1) is 10.2. The van der Waals surface area contributed by atoms with Crippen molar-refractivity contribution in [3.8, 4) is 0 Å². The highest BCUT2D eigenvalue weighted by molar-refractivity contribution is 5.90. The molecule has 0 bridgehead atoms. The average Bonchev–Trinajstić information content (AvgIpc) is 3.10. The number of fused-ring (bicyclic) bond motifs is 2. The van der Waals surface area contributed by atoms with E-state index in [0.29, 0.717) is 6.54 Å². The van der Waals surface area contributed by atoms with Gasteiger partial charge in [0.15, 0.2) is 0 Å². The summed E-state index contributed by atoms with van der Waals surface area (Å²) in [6.45, 7) is 1.37.